The van der Waals surface area contributed by atoms with Crippen LogP contribution in [0.15, 0.2) is 161 Å². The third kappa shape index (κ3) is 6.65. The summed E-state index contributed by atoms with van der Waals surface area (Å²) >= 11 is 0. The second-order valence-electron chi connectivity index (χ2n) is 14.3. The minimum atomic E-state index is -1.08. The van der Waals surface area contributed by atoms with E-state index in [0.717, 1.165) is 0 Å². The lowest BCUT2D eigenvalue weighted by molar-refractivity contribution is -0.385. The molecule has 4 aromatic carbocycles. The smallest absolute Gasteiger partial charge is 0.335 e. The number of nitro groups is 1. The number of aromatic carboxylic acids is 3. The quantitative estimate of drug-likeness (QED) is 0.0821. The molecule has 0 fully saturated rings. The highest BCUT2D eigenvalue weighted by atomic mass is 16.6. The fraction of sp³-hybridized carbons (Fsp3) is 0.0426. The molecule has 2 aromatic heterocycles. The van der Waals surface area contributed by atoms with Gasteiger partial charge in [-0.05, 0) is 95.6 Å². The summed E-state index contributed by atoms with van der Waals surface area (Å²) in [5, 5.41) is 42.8. The Bertz CT molecular complexity index is 3090. The van der Waals surface area contributed by atoms with Crippen molar-refractivity contribution >= 4 is 51.7 Å². The van der Waals surface area contributed by atoms with Gasteiger partial charge in [-0.3, -0.25) is 15.1 Å². The lowest BCUT2D eigenvalue weighted by Crippen LogP contribution is -2.21. The standard InChI is InChI=1S/C47H31N5O8/c53-45(54)28-11-5-25(6-12-28)41-32-17-19-34(48-32)42(26-7-13-29(14-8-26)46(55)56)36-21-23-38(50-36)44(31-3-1-2-4-40(31)52(59)60)39-24-22-37(51-39)43(35-20-18-33(41)49-35)27-9-15-30(16-10-27)47(57)58/h1-24,38,44,48,51H,(H,53,54)(H,55,56)(H,57,58)/b41-32-,42-34-,43-35-. The van der Waals surface area contributed by atoms with Crippen molar-refractivity contribution in [3.05, 3.63) is 222 Å². The van der Waals surface area contributed by atoms with Gasteiger partial charge in [-0.1, -0.05) is 60.7 Å². The van der Waals surface area contributed by atoms with Crippen molar-refractivity contribution < 1.29 is 34.6 Å². The van der Waals surface area contributed by atoms with Crippen molar-refractivity contribution in [2.24, 2.45) is 9.98 Å². The number of fused-ring (bicyclic) bond motifs is 6. The Balaban J connectivity index is 1.37. The number of aliphatic imine (C=N–C) groups is 2. The average Bonchev–Trinajstić information content (AvgIpc) is 4.10. The number of carbonyl (C=O) groups is 3. The van der Waals surface area contributed by atoms with Crippen LogP contribution in [-0.4, -0.2) is 65.6 Å². The van der Waals surface area contributed by atoms with Crippen LogP contribution in [0.4, 0.5) is 5.69 Å². The topological polar surface area (TPSA) is 211 Å². The largest absolute Gasteiger partial charge is 0.478 e. The molecule has 13 nitrogen and oxygen atoms in total. The molecule has 60 heavy (non-hydrogen) atoms. The fourth-order valence-corrected chi connectivity index (χ4v) is 7.95. The van der Waals surface area contributed by atoms with E-state index in [4.69, 9.17) is 9.98 Å². The Kier molecular flexibility index (Phi) is 9.17. The number of carboxylic acid groups (broad SMARTS) is 3. The normalized spacial score (nSPS) is 19.8. The zero-order valence-electron chi connectivity index (χ0n) is 31.2. The van der Waals surface area contributed by atoms with Crippen LogP contribution >= 0.6 is 0 Å². The van der Waals surface area contributed by atoms with Gasteiger partial charge in [0.25, 0.3) is 5.69 Å². The van der Waals surface area contributed by atoms with Gasteiger partial charge in [-0.2, -0.15) is 0 Å². The molecule has 0 spiro atoms. The van der Waals surface area contributed by atoms with E-state index >= 15 is 0 Å². The van der Waals surface area contributed by atoms with Gasteiger partial charge in [0, 0.05) is 50.4 Å². The highest BCUT2D eigenvalue weighted by molar-refractivity contribution is 6.31. The van der Waals surface area contributed by atoms with Crippen molar-refractivity contribution in [3.63, 3.8) is 0 Å². The Morgan fingerprint density at radius 3 is 1.67 bits per heavy atom. The maximum atomic E-state index is 12.5. The molecule has 0 saturated carbocycles. The minimum Gasteiger partial charge on any atom is -0.478 e. The van der Waals surface area contributed by atoms with Gasteiger partial charge in [0.05, 0.1) is 50.7 Å². The van der Waals surface area contributed by atoms with Gasteiger partial charge in [0.1, 0.15) is 0 Å². The number of benzene rings is 4. The lowest BCUT2D eigenvalue weighted by atomic mass is 9.88. The number of aromatic nitrogens is 2. The van der Waals surface area contributed by atoms with E-state index in [-0.39, 0.29) is 22.4 Å². The monoisotopic (exact) mass is 793 g/mol. The first-order valence-corrected chi connectivity index (χ1v) is 18.7. The van der Waals surface area contributed by atoms with E-state index in [0.29, 0.717) is 78.2 Å². The van der Waals surface area contributed by atoms with Gasteiger partial charge in [-0.25, -0.2) is 19.4 Å². The Hall–Kier alpha value is -8.45. The molecule has 0 aliphatic carbocycles. The molecule has 8 bridgehead atoms. The molecular formula is C47H31N5O8. The summed E-state index contributed by atoms with van der Waals surface area (Å²) in [4.78, 5) is 65.1. The van der Waals surface area contributed by atoms with Crippen molar-refractivity contribution in [2.45, 2.75) is 12.0 Å². The molecule has 0 amide bonds. The van der Waals surface area contributed by atoms with E-state index in [2.05, 4.69) is 9.97 Å². The maximum absolute atomic E-state index is 12.5. The number of hydrogen-bond donors (Lipinski definition) is 5. The summed E-state index contributed by atoms with van der Waals surface area (Å²) < 4.78 is 0. The molecule has 0 saturated heterocycles. The minimum absolute atomic E-state index is 0.0807. The molecule has 13 heteroatoms. The molecule has 3 aliphatic rings. The number of rotatable bonds is 8. The SMILES string of the molecule is O=C(O)c1ccc(/C2=C3\C=CC(=N3)/C(c3ccc(C(=O)O)cc3)=c3/cc/c([nH]3)=C(\c3ccc(C(=O)O)cc3)C3=NC(C=C3)C(c3ccccc3[N+](=O)[O-])c3ccc2[nH]3)cc1. The van der Waals surface area contributed by atoms with Crippen LogP contribution in [0.5, 0.6) is 0 Å². The first kappa shape index (κ1) is 37.1. The van der Waals surface area contributed by atoms with E-state index in [9.17, 15) is 39.8 Å². The zero-order valence-corrected chi connectivity index (χ0v) is 31.2. The molecule has 2 atom stereocenters. The summed E-state index contributed by atoms with van der Waals surface area (Å²) in [7, 11) is 0. The Morgan fingerprint density at radius 2 is 1.12 bits per heavy atom. The highest BCUT2D eigenvalue weighted by Gasteiger charge is 2.33. The predicted molar refractivity (Wildman–Crippen MR) is 224 cm³/mol. The number of nitrogens with zero attached hydrogens (tertiary/aromatic N) is 3. The second-order valence-corrected chi connectivity index (χ2v) is 14.3. The summed E-state index contributed by atoms with van der Waals surface area (Å²) in [6.45, 7) is 0. The second kappa shape index (κ2) is 14.8. The Labute approximate surface area is 339 Å². The van der Waals surface area contributed by atoms with E-state index in [1.807, 2.05) is 48.6 Å². The van der Waals surface area contributed by atoms with Crippen molar-refractivity contribution in [3.8, 4) is 0 Å². The van der Waals surface area contributed by atoms with E-state index in [1.165, 1.54) is 42.5 Å². The summed E-state index contributed by atoms with van der Waals surface area (Å²) in [5.41, 5.74) is 7.46. The number of nitrogens with one attached hydrogen (secondary N) is 2. The van der Waals surface area contributed by atoms with Gasteiger partial charge in [0.2, 0.25) is 0 Å². The molecule has 292 valence electrons. The number of hydrogen-bond acceptors (Lipinski definition) is 7. The van der Waals surface area contributed by atoms with Crippen LogP contribution in [0.1, 0.15) is 70.6 Å². The molecule has 0 radical (unpaired) electrons. The zero-order chi connectivity index (χ0) is 41.7. The summed E-state index contributed by atoms with van der Waals surface area (Å²) in [6.07, 6.45) is 7.45. The number of carboxylic acids is 3. The number of allylic oxidation sites excluding steroid dienone is 3. The average molecular weight is 794 g/mol. The number of H-pyrrole nitrogens is 2. The predicted octanol–water partition coefficient (Wildman–Crippen LogP) is 6.74. The fourth-order valence-electron chi connectivity index (χ4n) is 7.95. The maximum Gasteiger partial charge on any atom is 0.335 e. The molecule has 5 heterocycles. The van der Waals surface area contributed by atoms with Crippen LogP contribution < -0.4 is 10.7 Å². The first-order valence-electron chi connectivity index (χ1n) is 18.7. The van der Waals surface area contributed by atoms with Gasteiger partial charge >= 0.3 is 17.9 Å². The molecular weight excluding hydrogens is 763 g/mol. The number of aromatic amines is 2. The van der Waals surface area contributed by atoms with Crippen molar-refractivity contribution in [1.82, 2.24) is 9.97 Å². The van der Waals surface area contributed by atoms with E-state index < -0.39 is 34.8 Å². The van der Waals surface area contributed by atoms with Gasteiger partial charge < -0.3 is 25.3 Å². The molecule has 5 N–H and O–H groups in total. The first-order chi connectivity index (χ1) is 29.0. The van der Waals surface area contributed by atoms with Crippen LogP contribution in [-0.2, 0) is 0 Å². The van der Waals surface area contributed by atoms with Crippen LogP contribution in [0, 0.1) is 10.1 Å². The molecule has 9 rings (SSSR count). The van der Waals surface area contributed by atoms with Crippen molar-refractivity contribution in [1.29, 1.82) is 0 Å². The molecule has 2 unspecified atom stereocenters. The number of nitro benzene ring substituents is 1. The highest BCUT2D eigenvalue weighted by Crippen LogP contribution is 2.40. The van der Waals surface area contributed by atoms with E-state index in [1.54, 1.807) is 54.6 Å². The third-order valence-corrected chi connectivity index (χ3v) is 10.8. The number of para-hydroxylation sites is 1. The summed E-state index contributed by atoms with van der Waals surface area (Å²) in [6, 6.07) is 32.7. The third-order valence-electron chi connectivity index (χ3n) is 10.8. The molecule has 3 aliphatic heterocycles. The lowest BCUT2D eigenvalue weighted by Gasteiger charge is -2.20. The Morgan fingerprint density at radius 1 is 0.583 bits per heavy atom. The van der Waals surface area contributed by atoms with Crippen LogP contribution in [0.3, 0.4) is 0 Å². The van der Waals surface area contributed by atoms with Crippen molar-refractivity contribution in [2.75, 3.05) is 0 Å². The summed E-state index contributed by atoms with van der Waals surface area (Å²) in [5.74, 6) is -3.90. The molecule has 6 aromatic rings. The van der Waals surface area contributed by atoms with Crippen LogP contribution in [0.2, 0.25) is 0 Å². The van der Waals surface area contributed by atoms with Crippen LogP contribution in [0.25, 0.3) is 16.7 Å². The van der Waals surface area contributed by atoms with Gasteiger partial charge in [0.15, 0.2) is 0 Å². The van der Waals surface area contributed by atoms with Gasteiger partial charge in [-0.15, -0.1) is 0 Å².